The highest BCUT2D eigenvalue weighted by Crippen LogP contribution is 2.47. The summed E-state index contributed by atoms with van der Waals surface area (Å²) >= 11 is 0. The van der Waals surface area contributed by atoms with E-state index in [0.717, 1.165) is 57.7 Å². The molecular formula is C13H24N2O2. The predicted octanol–water partition coefficient (Wildman–Crippen LogP) is 1.59. The maximum atomic E-state index is 11.9. The molecule has 0 aromatic carbocycles. The first-order valence-corrected chi connectivity index (χ1v) is 6.79. The van der Waals surface area contributed by atoms with E-state index >= 15 is 0 Å². The van der Waals surface area contributed by atoms with Gasteiger partial charge in [0.15, 0.2) is 0 Å². The summed E-state index contributed by atoms with van der Waals surface area (Å²) in [6, 6.07) is 0.0844. The van der Waals surface area contributed by atoms with Crippen LogP contribution < -0.4 is 5.32 Å². The van der Waals surface area contributed by atoms with E-state index in [4.69, 9.17) is 5.11 Å². The molecule has 0 aromatic heterocycles. The number of likely N-dealkylation sites (tertiary alicyclic amines) is 1. The molecule has 4 nitrogen and oxygen atoms in total. The van der Waals surface area contributed by atoms with Crippen LogP contribution in [0, 0.1) is 11.3 Å². The Hall–Kier alpha value is -0.770. The zero-order valence-corrected chi connectivity index (χ0v) is 10.7. The number of hydrogen-bond donors (Lipinski definition) is 2. The normalized spacial score (nSPS) is 23.5. The summed E-state index contributed by atoms with van der Waals surface area (Å²) in [6.45, 7) is 4.99. The van der Waals surface area contributed by atoms with Gasteiger partial charge in [-0.15, -0.1) is 0 Å². The maximum Gasteiger partial charge on any atom is 0.317 e. The lowest BCUT2D eigenvalue weighted by atomic mass is 9.99. The monoisotopic (exact) mass is 240 g/mol. The Morgan fingerprint density at radius 1 is 1.41 bits per heavy atom. The quantitative estimate of drug-likeness (QED) is 0.784. The summed E-state index contributed by atoms with van der Waals surface area (Å²) in [7, 11) is 0. The number of aliphatic hydroxyl groups excluding tert-OH is 1. The van der Waals surface area contributed by atoms with E-state index in [1.165, 1.54) is 0 Å². The molecule has 1 aliphatic carbocycles. The van der Waals surface area contributed by atoms with Gasteiger partial charge in [0.25, 0.3) is 0 Å². The lowest BCUT2D eigenvalue weighted by molar-refractivity contribution is 0.170. The van der Waals surface area contributed by atoms with Crippen LogP contribution in [0.2, 0.25) is 0 Å². The molecule has 2 N–H and O–H groups in total. The number of carbonyl (C=O) groups excluding carboxylic acids is 1. The van der Waals surface area contributed by atoms with Gasteiger partial charge in [-0.05, 0) is 43.4 Å². The highest BCUT2D eigenvalue weighted by Gasteiger charge is 2.42. The third kappa shape index (κ3) is 3.35. The second kappa shape index (κ2) is 5.25. The van der Waals surface area contributed by atoms with Crippen LogP contribution in [0.5, 0.6) is 0 Å². The van der Waals surface area contributed by atoms with Crippen molar-refractivity contribution in [3.05, 3.63) is 0 Å². The molecular weight excluding hydrogens is 216 g/mol. The molecule has 1 heterocycles. The van der Waals surface area contributed by atoms with Crippen LogP contribution in [0.1, 0.15) is 39.0 Å². The minimum absolute atomic E-state index is 0.0844. The van der Waals surface area contributed by atoms with Gasteiger partial charge >= 0.3 is 6.03 Å². The number of piperidine rings is 1. The molecule has 1 saturated heterocycles. The fourth-order valence-electron chi connectivity index (χ4n) is 2.52. The zero-order chi connectivity index (χ0) is 12.3. The van der Waals surface area contributed by atoms with Gasteiger partial charge in [0.1, 0.15) is 0 Å². The number of carbonyl (C=O) groups is 1. The molecule has 0 spiro atoms. The Labute approximate surface area is 103 Å². The first kappa shape index (κ1) is 12.7. The molecule has 0 atom stereocenters. The van der Waals surface area contributed by atoms with Crippen molar-refractivity contribution in [3.8, 4) is 0 Å². The molecule has 2 aliphatic rings. The van der Waals surface area contributed by atoms with Crippen molar-refractivity contribution in [2.75, 3.05) is 26.2 Å². The topological polar surface area (TPSA) is 52.6 Å². The van der Waals surface area contributed by atoms with Crippen LogP contribution in [0.3, 0.4) is 0 Å². The summed E-state index contributed by atoms with van der Waals surface area (Å²) in [5.41, 5.74) is 0.216. The first-order chi connectivity index (χ1) is 8.15. The molecule has 2 fully saturated rings. The third-order valence-corrected chi connectivity index (χ3v) is 4.28. The summed E-state index contributed by atoms with van der Waals surface area (Å²) in [6.07, 6.45) is 5.35. The minimum atomic E-state index is 0.0844. The molecule has 1 aliphatic heterocycles. The molecule has 0 aromatic rings. The highest BCUT2D eigenvalue weighted by atomic mass is 16.3. The van der Waals surface area contributed by atoms with Gasteiger partial charge in [0.05, 0.1) is 0 Å². The SMILES string of the molecule is CC1CCN(C(=O)NCC2(CCO)CC2)CC1. The average molecular weight is 240 g/mol. The van der Waals surface area contributed by atoms with Crippen LogP contribution >= 0.6 is 0 Å². The lowest BCUT2D eigenvalue weighted by Crippen LogP contribution is -2.45. The fourth-order valence-corrected chi connectivity index (χ4v) is 2.52. The van der Waals surface area contributed by atoms with E-state index in [1.807, 2.05) is 4.90 Å². The predicted molar refractivity (Wildman–Crippen MR) is 66.7 cm³/mol. The van der Waals surface area contributed by atoms with Crippen molar-refractivity contribution in [3.63, 3.8) is 0 Å². The van der Waals surface area contributed by atoms with Gasteiger partial charge in [0, 0.05) is 26.2 Å². The Morgan fingerprint density at radius 2 is 2.06 bits per heavy atom. The Balaban J connectivity index is 1.70. The minimum Gasteiger partial charge on any atom is -0.396 e. The third-order valence-electron chi connectivity index (χ3n) is 4.28. The van der Waals surface area contributed by atoms with Crippen LogP contribution in [-0.4, -0.2) is 42.3 Å². The average Bonchev–Trinajstić information content (AvgIpc) is 3.08. The van der Waals surface area contributed by atoms with Crippen LogP contribution in [-0.2, 0) is 0 Å². The molecule has 0 bridgehead atoms. The molecule has 1 saturated carbocycles. The smallest absolute Gasteiger partial charge is 0.317 e. The Morgan fingerprint density at radius 3 is 2.59 bits per heavy atom. The van der Waals surface area contributed by atoms with Gasteiger partial charge in [-0.3, -0.25) is 0 Å². The van der Waals surface area contributed by atoms with E-state index in [-0.39, 0.29) is 18.1 Å². The van der Waals surface area contributed by atoms with Gasteiger partial charge < -0.3 is 15.3 Å². The molecule has 0 unspecified atom stereocenters. The second-order valence-corrected chi connectivity index (χ2v) is 5.80. The molecule has 2 rings (SSSR count). The van der Waals surface area contributed by atoms with Gasteiger partial charge in [-0.2, -0.15) is 0 Å². The molecule has 4 heteroatoms. The summed E-state index contributed by atoms with van der Waals surface area (Å²) in [5.74, 6) is 0.753. The molecule has 17 heavy (non-hydrogen) atoms. The number of amides is 2. The summed E-state index contributed by atoms with van der Waals surface area (Å²) < 4.78 is 0. The number of nitrogens with one attached hydrogen (secondary N) is 1. The maximum absolute atomic E-state index is 11.9. The zero-order valence-electron chi connectivity index (χ0n) is 10.7. The first-order valence-electron chi connectivity index (χ1n) is 6.79. The number of aliphatic hydroxyl groups is 1. The number of urea groups is 1. The molecule has 0 radical (unpaired) electrons. The van der Waals surface area contributed by atoms with Gasteiger partial charge in [-0.25, -0.2) is 4.79 Å². The van der Waals surface area contributed by atoms with Gasteiger partial charge in [0.2, 0.25) is 0 Å². The van der Waals surface area contributed by atoms with E-state index < -0.39 is 0 Å². The lowest BCUT2D eigenvalue weighted by Gasteiger charge is -2.31. The second-order valence-electron chi connectivity index (χ2n) is 5.80. The van der Waals surface area contributed by atoms with E-state index in [9.17, 15) is 4.79 Å². The number of rotatable bonds is 4. The van der Waals surface area contributed by atoms with E-state index in [2.05, 4.69) is 12.2 Å². The largest absolute Gasteiger partial charge is 0.396 e. The van der Waals surface area contributed by atoms with Crippen molar-refractivity contribution in [2.45, 2.75) is 39.0 Å². The van der Waals surface area contributed by atoms with Crippen LogP contribution in [0.15, 0.2) is 0 Å². The summed E-state index contributed by atoms with van der Waals surface area (Å²) in [4.78, 5) is 13.9. The number of nitrogens with zero attached hydrogens (tertiary/aromatic N) is 1. The van der Waals surface area contributed by atoms with Crippen molar-refractivity contribution < 1.29 is 9.90 Å². The van der Waals surface area contributed by atoms with E-state index in [1.54, 1.807) is 0 Å². The Bertz CT molecular complexity index is 269. The summed E-state index contributed by atoms with van der Waals surface area (Å²) in [5, 5.41) is 12.0. The fraction of sp³-hybridized carbons (Fsp3) is 0.923. The van der Waals surface area contributed by atoms with Crippen molar-refractivity contribution in [1.29, 1.82) is 0 Å². The van der Waals surface area contributed by atoms with E-state index in [0.29, 0.717) is 0 Å². The molecule has 2 amide bonds. The van der Waals surface area contributed by atoms with Crippen LogP contribution in [0.25, 0.3) is 0 Å². The Kier molecular flexibility index (Phi) is 3.92. The van der Waals surface area contributed by atoms with Crippen LogP contribution in [0.4, 0.5) is 4.79 Å². The van der Waals surface area contributed by atoms with Gasteiger partial charge in [-0.1, -0.05) is 6.92 Å². The molecule has 98 valence electrons. The van der Waals surface area contributed by atoms with Crippen molar-refractivity contribution >= 4 is 6.03 Å². The standard InChI is InChI=1S/C13H24N2O2/c1-11-2-7-15(8-3-11)12(17)14-10-13(4-5-13)6-9-16/h11,16H,2-10H2,1H3,(H,14,17). The highest BCUT2D eigenvalue weighted by molar-refractivity contribution is 5.74. The number of hydrogen-bond acceptors (Lipinski definition) is 2. The van der Waals surface area contributed by atoms with Crippen molar-refractivity contribution in [2.24, 2.45) is 11.3 Å². The van der Waals surface area contributed by atoms with Crippen molar-refractivity contribution in [1.82, 2.24) is 10.2 Å².